The number of hydrogen-bond acceptors (Lipinski definition) is 4. The SMILES string of the molecule is Cc1ccccc1[C@H](C)NC(=O)CCc1nc2sc3c(c2c(=O)[nH]1)CCCC3. The maximum Gasteiger partial charge on any atom is 0.259 e. The Labute approximate surface area is 168 Å². The van der Waals surface area contributed by atoms with E-state index in [4.69, 9.17) is 0 Å². The van der Waals surface area contributed by atoms with E-state index >= 15 is 0 Å². The van der Waals surface area contributed by atoms with Crippen LogP contribution in [0.3, 0.4) is 0 Å². The summed E-state index contributed by atoms with van der Waals surface area (Å²) in [5.74, 6) is 0.554. The summed E-state index contributed by atoms with van der Waals surface area (Å²) < 4.78 is 0. The van der Waals surface area contributed by atoms with Crippen LogP contribution in [0.15, 0.2) is 29.1 Å². The number of carbonyl (C=O) groups excluding carboxylic acids is 1. The zero-order chi connectivity index (χ0) is 19.7. The molecule has 6 heteroatoms. The summed E-state index contributed by atoms with van der Waals surface area (Å²) in [5.41, 5.74) is 3.41. The average Bonchev–Trinajstić information content (AvgIpc) is 3.05. The molecule has 146 valence electrons. The first-order valence-electron chi connectivity index (χ1n) is 9.91. The van der Waals surface area contributed by atoms with Crippen molar-refractivity contribution in [3.8, 4) is 0 Å². The molecule has 0 saturated heterocycles. The number of nitrogens with zero attached hydrogens (tertiary/aromatic N) is 1. The molecule has 28 heavy (non-hydrogen) atoms. The van der Waals surface area contributed by atoms with Crippen molar-refractivity contribution in [1.82, 2.24) is 15.3 Å². The first kappa shape index (κ1) is 18.9. The Kier molecular flexibility index (Phi) is 5.31. The van der Waals surface area contributed by atoms with Crippen LogP contribution in [0.5, 0.6) is 0 Å². The van der Waals surface area contributed by atoms with Crippen LogP contribution >= 0.6 is 11.3 Å². The quantitative estimate of drug-likeness (QED) is 0.686. The summed E-state index contributed by atoms with van der Waals surface area (Å²) >= 11 is 1.64. The fourth-order valence-electron chi connectivity index (χ4n) is 4.02. The van der Waals surface area contributed by atoms with E-state index in [1.165, 1.54) is 16.9 Å². The minimum Gasteiger partial charge on any atom is -0.350 e. The van der Waals surface area contributed by atoms with Gasteiger partial charge in [-0.25, -0.2) is 4.98 Å². The normalized spacial score (nSPS) is 14.6. The second kappa shape index (κ2) is 7.87. The number of H-pyrrole nitrogens is 1. The highest BCUT2D eigenvalue weighted by atomic mass is 32.1. The minimum absolute atomic E-state index is 0.0380. The predicted octanol–water partition coefficient (Wildman–Crippen LogP) is 3.98. The van der Waals surface area contributed by atoms with Gasteiger partial charge in [-0.15, -0.1) is 11.3 Å². The molecule has 0 saturated carbocycles. The van der Waals surface area contributed by atoms with Gasteiger partial charge < -0.3 is 10.3 Å². The number of hydrogen-bond donors (Lipinski definition) is 2. The molecule has 2 N–H and O–H groups in total. The van der Waals surface area contributed by atoms with Gasteiger partial charge in [0.15, 0.2) is 0 Å². The van der Waals surface area contributed by atoms with Crippen LogP contribution in [-0.2, 0) is 24.1 Å². The lowest BCUT2D eigenvalue weighted by molar-refractivity contribution is -0.121. The Bertz CT molecular complexity index is 1080. The molecule has 0 fully saturated rings. The Hall–Kier alpha value is -2.47. The maximum atomic E-state index is 12.6. The molecule has 2 aromatic heterocycles. The van der Waals surface area contributed by atoms with Crippen molar-refractivity contribution in [2.75, 3.05) is 0 Å². The first-order chi connectivity index (χ1) is 13.5. The van der Waals surface area contributed by atoms with Crippen LogP contribution in [0.4, 0.5) is 0 Å². The van der Waals surface area contributed by atoms with Gasteiger partial charge in [0.1, 0.15) is 10.7 Å². The van der Waals surface area contributed by atoms with Crippen LogP contribution in [0.2, 0.25) is 0 Å². The van der Waals surface area contributed by atoms with E-state index in [0.717, 1.165) is 40.6 Å². The van der Waals surface area contributed by atoms with Crippen LogP contribution in [0.25, 0.3) is 10.2 Å². The Morgan fingerprint density at radius 1 is 1.29 bits per heavy atom. The molecule has 4 rings (SSSR count). The standard InChI is InChI=1S/C22H25N3O2S/c1-13-7-3-4-8-15(13)14(2)23-19(26)12-11-18-24-21(27)20-16-9-5-6-10-17(16)28-22(20)25-18/h3-4,7-8,14H,5-6,9-12H2,1-2H3,(H,23,26)(H,24,25,27)/t14-/m0/s1. The molecule has 0 bridgehead atoms. The Morgan fingerprint density at radius 3 is 2.89 bits per heavy atom. The predicted molar refractivity (Wildman–Crippen MR) is 113 cm³/mol. The van der Waals surface area contributed by atoms with E-state index in [9.17, 15) is 9.59 Å². The van der Waals surface area contributed by atoms with E-state index in [1.54, 1.807) is 11.3 Å². The lowest BCUT2D eigenvalue weighted by Gasteiger charge is -2.16. The number of carbonyl (C=O) groups is 1. The molecule has 1 atom stereocenters. The monoisotopic (exact) mass is 395 g/mol. The van der Waals surface area contributed by atoms with Gasteiger partial charge in [-0.05, 0) is 56.2 Å². The number of nitrogens with one attached hydrogen (secondary N) is 2. The molecule has 2 heterocycles. The summed E-state index contributed by atoms with van der Waals surface area (Å²) in [7, 11) is 0. The minimum atomic E-state index is -0.0620. The van der Waals surface area contributed by atoms with Crippen molar-refractivity contribution in [2.45, 2.75) is 58.4 Å². The van der Waals surface area contributed by atoms with Gasteiger partial charge in [0.2, 0.25) is 5.91 Å². The number of amides is 1. The van der Waals surface area contributed by atoms with Crippen LogP contribution in [0, 0.1) is 6.92 Å². The van der Waals surface area contributed by atoms with Gasteiger partial charge in [0.25, 0.3) is 5.56 Å². The molecular weight excluding hydrogens is 370 g/mol. The summed E-state index contributed by atoms with van der Waals surface area (Å²) in [6, 6.07) is 8.00. The van der Waals surface area contributed by atoms with Crippen molar-refractivity contribution in [3.05, 3.63) is 62.0 Å². The summed E-state index contributed by atoms with van der Waals surface area (Å²) in [6.45, 7) is 4.03. The molecular formula is C22H25N3O2S. The van der Waals surface area contributed by atoms with Gasteiger partial charge >= 0.3 is 0 Å². The van der Waals surface area contributed by atoms with Crippen molar-refractivity contribution in [1.29, 1.82) is 0 Å². The van der Waals surface area contributed by atoms with Crippen molar-refractivity contribution < 1.29 is 4.79 Å². The number of aromatic amines is 1. The molecule has 1 amide bonds. The summed E-state index contributed by atoms with van der Waals surface area (Å²) in [5, 5.41) is 3.81. The highest BCUT2D eigenvalue weighted by Gasteiger charge is 2.20. The molecule has 0 unspecified atom stereocenters. The lowest BCUT2D eigenvalue weighted by Crippen LogP contribution is -2.27. The maximum absolute atomic E-state index is 12.6. The third-order valence-corrected chi connectivity index (χ3v) is 6.68. The van der Waals surface area contributed by atoms with Gasteiger partial charge in [-0.1, -0.05) is 24.3 Å². The third-order valence-electron chi connectivity index (χ3n) is 5.50. The number of aryl methyl sites for hydroxylation is 4. The zero-order valence-electron chi connectivity index (χ0n) is 16.3. The number of rotatable bonds is 5. The number of aromatic nitrogens is 2. The second-order valence-electron chi connectivity index (χ2n) is 7.55. The van der Waals surface area contributed by atoms with Gasteiger partial charge in [0, 0.05) is 17.7 Å². The largest absolute Gasteiger partial charge is 0.350 e. The molecule has 3 aromatic rings. The summed E-state index contributed by atoms with van der Waals surface area (Å²) in [4.78, 5) is 34.6. The molecule has 1 aromatic carbocycles. The van der Waals surface area contributed by atoms with E-state index in [2.05, 4.69) is 15.3 Å². The van der Waals surface area contributed by atoms with Crippen LogP contribution < -0.4 is 10.9 Å². The van der Waals surface area contributed by atoms with Gasteiger partial charge in [-0.2, -0.15) is 0 Å². The molecule has 1 aliphatic rings. The van der Waals surface area contributed by atoms with Gasteiger partial charge in [0.05, 0.1) is 11.4 Å². The Balaban J connectivity index is 1.44. The number of thiophene rings is 1. The second-order valence-corrected chi connectivity index (χ2v) is 8.63. The average molecular weight is 396 g/mol. The molecule has 0 radical (unpaired) electrons. The lowest BCUT2D eigenvalue weighted by atomic mass is 9.97. The van der Waals surface area contributed by atoms with E-state index in [0.29, 0.717) is 18.7 Å². The topological polar surface area (TPSA) is 74.8 Å². The molecule has 1 aliphatic carbocycles. The van der Waals surface area contributed by atoms with Crippen molar-refractivity contribution in [3.63, 3.8) is 0 Å². The van der Waals surface area contributed by atoms with Crippen LogP contribution in [0.1, 0.15) is 59.6 Å². The van der Waals surface area contributed by atoms with E-state index < -0.39 is 0 Å². The first-order valence-corrected chi connectivity index (χ1v) is 10.7. The summed E-state index contributed by atoms with van der Waals surface area (Å²) in [6.07, 6.45) is 5.07. The van der Waals surface area contributed by atoms with Gasteiger partial charge in [-0.3, -0.25) is 9.59 Å². The fraction of sp³-hybridized carbons (Fsp3) is 0.409. The van der Waals surface area contributed by atoms with Crippen molar-refractivity contribution >= 4 is 27.5 Å². The fourth-order valence-corrected chi connectivity index (χ4v) is 5.30. The zero-order valence-corrected chi connectivity index (χ0v) is 17.1. The highest BCUT2D eigenvalue weighted by Crippen LogP contribution is 2.33. The van der Waals surface area contributed by atoms with E-state index in [1.807, 2.05) is 38.1 Å². The van der Waals surface area contributed by atoms with E-state index in [-0.39, 0.29) is 17.5 Å². The third kappa shape index (κ3) is 3.74. The number of fused-ring (bicyclic) bond motifs is 3. The molecule has 5 nitrogen and oxygen atoms in total. The van der Waals surface area contributed by atoms with Crippen molar-refractivity contribution in [2.24, 2.45) is 0 Å². The molecule has 0 aliphatic heterocycles. The Morgan fingerprint density at radius 2 is 2.07 bits per heavy atom. The van der Waals surface area contributed by atoms with Crippen LogP contribution in [-0.4, -0.2) is 15.9 Å². The highest BCUT2D eigenvalue weighted by molar-refractivity contribution is 7.18. The smallest absolute Gasteiger partial charge is 0.259 e. The number of benzene rings is 1. The molecule has 0 spiro atoms.